The Balaban J connectivity index is 1.71. The standard InChI is InChI=1S/C18H21ClN4O3S/c1-2-12-3-7-14(8-4-12)21-17(24)16-11-20-22-18(16)27(25,26)23-15-9-5-13(19)6-10-15/h3-10,16,18,20,22-23H,2,11H2,1H3,(H,21,24). The number of anilines is 2. The van der Waals surface area contributed by atoms with Crippen molar-refractivity contribution < 1.29 is 13.2 Å². The maximum absolute atomic E-state index is 12.7. The summed E-state index contributed by atoms with van der Waals surface area (Å²) in [5.74, 6) is -1.16. The van der Waals surface area contributed by atoms with E-state index in [2.05, 4.69) is 20.9 Å². The molecular formula is C18H21ClN4O3S. The second-order valence-corrected chi connectivity index (χ2v) is 8.48. The quantitative estimate of drug-likeness (QED) is 0.588. The Bertz CT molecular complexity index is 901. The minimum Gasteiger partial charge on any atom is -0.326 e. The number of carbonyl (C=O) groups excluding carboxylic acids is 1. The molecule has 2 atom stereocenters. The van der Waals surface area contributed by atoms with Crippen LogP contribution in [0.2, 0.25) is 5.02 Å². The molecule has 2 aromatic carbocycles. The fourth-order valence-corrected chi connectivity index (χ4v) is 4.41. The van der Waals surface area contributed by atoms with Gasteiger partial charge in [-0.25, -0.2) is 13.8 Å². The summed E-state index contributed by atoms with van der Waals surface area (Å²) in [6, 6.07) is 13.8. The zero-order valence-electron chi connectivity index (χ0n) is 14.7. The van der Waals surface area contributed by atoms with E-state index in [-0.39, 0.29) is 12.5 Å². The molecule has 9 heteroatoms. The lowest BCUT2D eigenvalue weighted by Gasteiger charge is -2.19. The fraction of sp³-hybridized carbons (Fsp3) is 0.278. The van der Waals surface area contributed by atoms with Crippen molar-refractivity contribution in [3.63, 3.8) is 0 Å². The van der Waals surface area contributed by atoms with Gasteiger partial charge in [0.25, 0.3) is 10.0 Å². The zero-order valence-corrected chi connectivity index (χ0v) is 16.3. The third-order valence-corrected chi connectivity index (χ3v) is 6.22. The van der Waals surface area contributed by atoms with Gasteiger partial charge in [-0.05, 0) is 48.4 Å². The van der Waals surface area contributed by atoms with Crippen molar-refractivity contribution in [3.05, 3.63) is 59.1 Å². The number of amides is 1. The van der Waals surface area contributed by atoms with E-state index in [1.54, 1.807) is 24.3 Å². The van der Waals surface area contributed by atoms with Gasteiger partial charge < -0.3 is 5.32 Å². The number of aryl methyl sites for hydroxylation is 1. The molecule has 1 aliphatic heterocycles. The molecule has 4 N–H and O–H groups in total. The van der Waals surface area contributed by atoms with Crippen LogP contribution in [-0.4, -0.2) is 26.2 Å². The highest BCUT2D eigenvalue weighted by Crippen LogP contribution is 2.21. The normalized spacial score (nSPS) is 19.6. The van der Waals surface area contributed by atoms with Crippen molar-refractivity contribution in [2.75, 3.05) is 16.6 Å². The van der Waals surface area contributed by atoms with Crippen LogP contribution in [0.25, 0.3) is 0 Å². The fourth-order valence-electron chi connectivity index (χ4n) is 2.81. The maximum atomic E-state index is 12.7. The van der Waals surface area contributed by atoms with Crippen molar-refractivity contribution in [2.24, 2.45) is 5.92 Å². The molecule has 0 spiro atoms. The van der Waals surface area contributed by atoms with E-state index in [9.17, 15) is 13.2 Å². The van der Waals surface area contributed by atoms with Gasteiger partial charge in [0.2, 0.25) is 5.91 Å². The molecule has 1 saturated heterocycles. The molecule has 1 amide bonds. The molecule has 0 aromatic heterocycles. The summed E-state index contributed by atoms with van der Waals surface area (Å²) in [6.45, 7) is 2.25. The van der Waals surface area contributed by atoms with Crippen LogP contribution in [0, 0.1) is 5.92 Å². The van der Waals surface area contributed by atoms with Gasteiger partial charge >= 0.3 is 0 Å². The van der Waals surface area contributed by atoms with Crippen LogP contribution in [0.1, 0.15) is 12.5 Å². The minimum absolute atomic E-state index is 0.199. The molecule has 0 radical (unpaired) electrons. The Hall–Kier alpha value is -2.13. The lowest BCUT2D eigenvalue weighted by molar-refractivity contribution is -0.119. The lowest BCUT2D eigenvalue weighted by atomic mass is 10.1. The van der Waals surface area contributed by atoms with E-state index < -0.39 is 21.3 Å². The molecule has 7 nitrogen and oxygen atoms in total. The molecule has 2 aromatic rings. The van der Waals surface area contributed by atoms with Crippen LogP contribution >= 0.6 is 11.6 Å². The van der Waals surface area contributed by atoms with E-state index in [4.69, 9.17) is 11.6 Å². The number of hydrogen-bond donors (Lipinski definition) is 4. The Labute approximate surface area is 163 Å². The van der Waals surface area contributed by atoms with Gasteiger partial charge in [-0.15, -0.1) is 0 Å². The van der Waals surface area contributed by atoms with Crippen molar-refractivity contribution in [2.45, 2.75) is 18.7 Å². The van der Waals surface area contributed by atoms with Gasteiger partial charge in [0.15, 0.2) is 5.37 Å². The third-order valence-electron chi connectivity index (χ3n) is 4.34. The van der Waals surface area contributed by atoms with Crippen LogP contribution in [0.5, 0.6) is 0 Å². The zero-order chi connectivity index (χ0) is 19.4. The number of benzene rings is 2. The highest BCUT2D eigenvalue weighted by molar-refractivity contribution is 7.93. The lowest BCUT2D eigenvalue weighted by Crippen LogP contribution is -2.45. The second-order valence-electron chi connectivity index (χ2n) is 6.25. The predicted octanol–water partition coefficient (Wildman–Crippen LogP) is 2.33. The van der Waals surface area contributed by atoms with Gasteiger partial charge in [-0.2, -0.15) is 0 Å². The SMILES string of the molecule is CCc1ccc(NC(=O)C2CNNC2S(=O)(=O)Nc2ccc(Cl)cc2)cc1. The second kappa shape index (κ2) is 8.26. The van der Waals surface area contributed by atoms with Crippen LogP contribution in [0.15, 0.2) is 48.5 Å². The highest BCUT2D eigenvalue weighted by Gasteiger charge is 2.41. The Kier molecular flexibility index (Phi) is 6.01. The molecule has 2 unspecified atom stereocenters. The van der Waals surface area contributed by atoms with Gasteiger partial charge in [0, 0.05) is 22.9 Å². The maximum Gasteiger partial charge on any atom is 0.250 e. The van der Waals surface area contributed by atoms with Crippen LogP contribution in [0.4, 0.5) is 11.4 Å². The number of halogens is 1. The van der Waals surface area contributed by atoms with Crippen LogP contribution < -0.4 is 20.9 Å². The topological polar surface area (TPSA) is 99.3 Å². The van der Waals surface area contributed by atoms with Gasteiger partial charge in [0.1, 0.15) is 0 Å². The van der Waals surface area contributed by atoms with Gasteiger partial charge in [0.05, 0.1) is 5.92 Å². The van der Waals surface area contributed by atoms with Crippen LogP contribution in [0.3, 0.4) is 0 Å². The molecule has 1 heterocycles. The summed E-state index contributed by atoms with van der Waals surface area (Å²) in [6.07, 6.45) is 0.904. The number of hydrogen-bond acceptors (Lipinski definition) is 5. The average Bonchev–Trinajstić information content (AvgIpc) is 3.15. The summed E-state index contributed by atoms with van der Waals surface area (Å²) in [5, 5.41) is 2.18. The number of hydrazine groups is 1. The first-order valence-corrected chi connectivity index (χ1v) is 10.5. The average molecular weight is 409 g/mol. The van der Waals surface area contributed by atoms with Crippen molar-refractivity contribution in [1.29, 1.82) is 0 Å². The number of sulfonamides is 1. The highest BCUT2D eigenvalue weighted by atomic mass is 35.5. The minimum atomic E-state index is -3.85. The molecule has 144 valence electrons. The summed E-state index contributed by atoms with van der Waals surface area (Å²) in [5.41, 5.74) is 7.60. The van der Waals surface area contributed by atoms with Crippen molar-refractivity contribution in [3.8, 4) is 0 Å². The smallest absolute Gasteiger partial charge is 0.250 e. The first-order valence-electron chi connectivity index (χ1n) is 8.54. The first kappa shape index (κ1) is 19.6. The molecule has 27 heavy (non-hydrogen) atoms. The molecular weight excluding hydrogens is 388 g/mol. The van der Waals surface area contributed by atoms with E-state index >= 15 is 0 Å². The summed E-state index contributed by atoms with van der Waals surface area (Å²) < 4.78 is 27.9. The van der Waals surface area contributed by atoms with Gasteiger partial charge in [-0.3, -0.25) is 14.9 Å². The molecule has 1 aliphatic rings. The largest absolute Gasteiger partial charge is 0.326 e. The van der Waals surface area contributed by atoms with E-state index in [0.29, 0.717) is 16.4 Å². The molecule has 1 fully saturated rings. The monoisotopic (exact) mass is 408 g/mol. The van der Waals surface area contributed by atoms with E-state index in [1.807, 2.05) is 31.2 Å². The summed E-state index contributed by atoms with van der Waals surface area (Å²) in [7, 11) is -3.85. The summed E-state index contributed by atoms with van der Waals surface area (Å²) >= 11 is 5.82. The molecule has 3 rings (SSSR count). The van der Waals surface area contributed by atoms with E-state index in [0.717, 1.165) is 12.0 Å². The molecule has 0 saturated carbocycles. The number of rotatable bonds is 6. The van der Waals surface area contributed by atoms with Crippen molar-refractivity contribution >= 4 is 38.9 Å². The molecule has 0 aliphatic carbocycles. The number of carbonyl (C=O) groups is 1. The first-order chi connectivity index (χ1) is 12.9. The summed E-state index contributed by atoms with van der Waals surface area (Å²) in [4.78, 5) is 12.6. The Morgan fingerprint density at radius 1 is 1.11 bits per heavy atom. The molecule has 0 bridgehead atoms. The van der Waals surface area contributed by atoms with Crippen LogP contribution in [-0.2, 0) is 21.2 Å². The van der Waals surface area contributed by atoms with E-state index in [1.165, 1.54) is 0 Å². The predicted molar refractivity (Wildman–Crippen MR) is 107 cm³/mol. The van der Waals surface area contributed by atoms with Gasteiger partial charge in [-0.1, -0.05) is 30.7 Å². The third kappa shape index (κ3) is 4.78. The number of nitrogens with one attached hydrogen (secondary N) is 4. The van der Waals surface area contributed by atoms with Crippen molar-refractivity contribution in [1.82, 2.24) is 10.9 Å². The Morgan fingerprint density at radius 2 is 1.74 bits per heavy atom. The Morgan fingerprint density at radius 3 is 2.37 bits per heavy atom.